The van der Waals surface area contributed by atoms with Crippen LogP contribution in [-0.4, -0.2) is 32.4 Å². The van der Waals surface area contributed by atoms with Crippen molar-refractivity contribution in [2.75, 3.05) is 18.8 Å². The Labute approximate surface area is 169 Å². The number of hydrogen-bond acceptors (Lipinski definition) is 4. The summed E-state index contributed by atoms with van der Waals surface area (Å²) in [6, 6.07) is 13.0. The normalized spacial score (nSPS) is 11.4. The molecule has 0 spiro atoms. The van der Waals surface area contributed by atoms with E-state index < -0.39 is 5.82 Å². The first-order valence-corrected chi connectivity index (χ1v) is 9.79. The number of benzene rings is 1. The number of rotatable bonds is 6. The summed E-state index contributed by atoms with van der Waals surface area (Å²) >= 11 is 0. The minimum Gasteiger partial charge on any atom is -0.396 e. The van der Waals surface area contributed by atoms with Crippen LogP contribution in [0.3, 0.4) is 0 Å². The van der Waals surface area contributed by atoms with E-state index in [2.05, 4.69) is 34.8 Å². The Morgan fingerprint density at radius 1 is 0.966 bits per heavy atom. The Hall–Kier alpha value is -3.25. The Morgan fingerprint density at radius 2 is 1.76 bits per heavy atom. The van der Waals surface area contributed by atoms with Gasteiger partial charge >= 0.3 is 0 Å². The number of nitrogens with two attached hydrogens (primary N) is 1. The van der Waals surface area contributed by atoms with Crippen molar-refractivity contribution in [3.05, 3.63) is 72.6 Å². The van der Waals surface area contributed by atoms with Gasteiger partial charge in [0, 0.05) is 24.5 Å². The Morgan fingerprint density at radius 3 is 2.52 bits per heavy atom. The highest BCUT2D eigenvalue weighted by Gasteiger charge is 2.10. The van der Waals surface area contributed by atoms with Gasteiger partial charge < -0.3 is 5.73 Å². The van der Waals surface area contributed by atoms with Crippen LogP contribution >= 0.6 is 0 Å². The van der Waals surface area contributed by atoms with Crippen molar-refractivity contribution in [2.45, 2.75) is 20.4 Å². The zero-order chi connectivity index (χ0) is 20.4. The lowest BCUT2D eigenvalue weighted by Crippen LogP contribution is -2.22. The maximum Gasteiger partial charge on any atom is 0.146 e. The lowest BCUT2D eigenvalue weighted by molar-refractivity contribution is 0.292. The second-order valence-electron chi connectivity index (χ2n) is 7.02. The number of pyridine rings is 2. The number of aromatic nitrogens is 3. The molecule has 0 aliphatic carbocycles. The van der Waals surface area contributed by atoms with E-state index in [1.807, 2.05) is 35.0 Å². The molecule has 6 heteroatoms. The Bertz CT molecular complexity index is 1150. The van der Waals surface area contributed by atoms with Crippen molar-refractivity contribution in [3.63, 3.8) is 0 Å². The van der Waals surface area contributed by atoms with Crippen molar-refractivity contribution < 1.29 is 4.39 Å². The van der Waals surface area contributed by atoms with Crippen LogP contribution in [0.1, 0.15) is 19.5 Å². The molecular formula is C23H24FN5. The summed E-state index contributed by atoms with van der Waals surface area (Å²) in [6.07, 6.45) is 5.57. The van der Waals surface area contributed by atoms with E-state index in [1.165, 1.54) is 6.07 Å². The number of imidazole rings is 1. The van der Waals surface area contributed by atoms with E-state index in [0.29, 0.717) is 0 Å². The van der Waals surface area contributed by atoms with E-state index in [9.17, 15) is 4.39 Å². The van der Waals surface area contributed by atoms with Gasteiger partial charge in [-0.15, -0.1) is 0 Å². The maximum absolute atomic E-state index is 13.9. The smallest absolute Gasteiger partial charge is 0.146 e. The van der Waals surface area contributed by atoms with Crippen molar-refractivity contribution in [3.8, 4) is 22.4 Å². The lowest BCUT2D eigenvalue weighted by Gasteiger charge is -2.17. The molecule has 0 amide bonds. The molecule has 0 bridgehead atoms. The fourth-order valence-corrected chi connectivity index (χ4v) is 3.48. The molecule has 0 aliphatic rings. The summed E-state index contributed by atoms with van der Waals surface area (Å²) in [4.78, 5) is 11.4. The quantitative estimate of drug-likeness (QED) is 0.489. The molecule has 0 radical (unpaired) electrons. The molecule has 0 aliphatic heterocycles. The molecule has 0 unspecified atom stereocenters. The molecular weight excluding hydrogens is 365 g/mol. The second-order valence-corrected chi connectivity index (χ2v) is 7.02. The Balaban J connectivity index is 1.68. The number of anilines is 1. The lowest BCUT2D eigenvalue weighted by atomic mass is 10.1. The molecule has 4 rings (SSSR count). The first-order chi connectivity index (χ1) is 14.1. The minimum atomic E-state index is -0.424. The summed E-state index contributed by atoms with van der Waals surface area (Å²) in [5.74, 6) is -0.424. The van der Waals surface area contributed by atoms with E-state index in [1.54, 1.807) is 18.3 Å². The van der Waals surface area contributed by atoms with Crippen LogP contribution in [0.15, 0.2) is 61.1 Å². The van der Waals surface area contributed by atoms with Gasteiger partial charge in [0.05, 0.1) is 23.3 Å². The Kier molecular flexibility index (Phi) is 5.27. The zero-order valence-corrected chi connectivity index (χ0v) is 16.6. The molecule has 3 aromatic heterocycles. The number of hydrogen-bond donors (Lipinski definition) is 1. The van der Waals surface area contributed by atoms with Crippen LogP contribution in [0.4, 0.5) is 10.1 Å². The van der Waals surface area contributed by atoms with Crippen LogP contribution in [-0.2, 0) is 6.54 Å². The average Bonchev–Trinajstić information content (AvgIpc) is 3.17. The van der Waals surface area contributed by atoms with Gasteiger partial charge in [-0.3, -0.25) is 14.3 Å². The second kappa shape index (κ2) is 8.01. The topological polar surface area (TPSA) is 59.5 Å². The molecule has 0 saturated heterocycles. The van der Waals surface area contributed by atoms with E-state index in [-0.39, 0.29) is 5.69 Å². The molecule has 0 fully saturated rings. The molecule has 0 saturated carbocycles. The zero-order valence-electron chi connectivity index (χ0n) is 16.6. The third-order valence-corrected chi connectivity index (χ3v) is 5.24. The predicted octanol–water partition coefficient (Wildman–Crippen LogP) is 4.63. The highest BCUT2D eigenvalue weighted by atomic mass is 19.1. The van der Waals surface area contributed by atoms with E-state index in [0.717, 1.165) is 53.4 Å². The summed E-state index contributed by atoms with van der Waals surface area (Å²) in [7, 11) is 0. The molecule has 29 heavy (non-hydrogen) atoms. The third kappa shape index (κ3) is 3.84. The first-order valence-electron chi connectivity index (χ1n) is 9.79. The van der Waals surface area contributed by atoms with Crippen molar-refractivity contribution in [2.24, 2.45) is 0 Å². The minimum absolute atomic E-state index is 0.142. The number of halogens is 1. The SMILES string of the molecule is CCN(CC)Cc1cc(-c2ccn3c(-c4ccc(N)c(F)c4)cnc3c2)ccn1. The maximum atomic E-state index is 13.9. The molecule has 5 nitrogen and oxygen atoms in total. The predicted molar refractivity (Wildman–Crippen MR) is 115 cm³/mol. The molecule has 0 atom stereocenters. The fraction of sp³-hybridized carbons (Fsp3) is 0.217. The monoisotopic (exact) mass is 389 g/mol. The first kappa shape index (κ1) is 19.1. The van der Waals surface area contributed by atoms with Gasteiger partial charge in [0.15, 0.2) is 0 Å². The van der Waals surface area contributed by atoms with Crippen LogP contribution in [0, 0.1) is 5.82 Å². The molecule has 1 aromatic carbocycles. The van der Waals surface area contributed by atoms with Crippen LogP contribution in [0.25, 0.3) is 28.0 Å². The van der Waals surface area contributed by atoms with E-state index in [4.69, 9.17) is 5.73 Å². The van der Waals surface area contributed by atoms with Crippen LogP contribution < -0.4 is 5.73 Å². The number of fused-ring (bicyclic) bond motifs is 1. The van der Waals surface area contributed by atoms with Crippen molar-refractivity contribution in [1.29, 1.82) is 0 Å². The highest BCUT2D eigenvalue weighted by Crippen LogP contribution is 2.27. The fourth-order valence-electron chi connectivity index (χ4n) is 3.48. The number of nitrogen functional groups attached to an aromatic ring is 1. The van der Waals surface area contributed by atoms with Crippen molar-refractivity contribution >= 4 is 11.3 Å². The van der Waals surface area contributed by atoms with Gasteiger partial charge in [-0.2, -0.15) is 0 Å². The van der Waals surface area contributed by atoms with Gasteiger partial charge in [-0.25, -0.2) is 9.37 Å². The standard InChI is InChI=1S/C23H24FN5/c1-3-28(4-2)15-19-11-16(7-9-26-19)17-8-10-29-22(14-27-23(29)13-17)18-5-6-21(25)20(24)12-18/h5-14H,3-4,15,25H2,1-2H3. The number of nitrogens with zero attached hydrogens (tertiary/aromatic N) is 4. The van der Waals surface area contributed by atoms with E-state index >= 15 is 0 Å². The molecule has 3 heterocycles. The third-order valence-electron chi connectivity index (χ3n) is 5.24. The van der Waals surface area contributed by atoms with Crippen LogP contribution in [0.5, 0.6) is 0 Å². The summed E-state index contributed by atoms with van der Waals surface area (Å²) in [5, 5.41) is 0. The summed E-state index contributed by atoms with van der Waals surface area (Å²) in [5.41, 5.74) is 11.3. The van der Waals surface area contributed by atoms with Crippen molar-refractivity contribution in [1.82, 2.24) is 19.3 Å². The molecule has 2 N–H and O–H groups in total. The molecule has 148 valence electrons. The average molecular weight is 389 g/mol. The van der Waals surface area contributed by atoms with Crippen LogP contribution in [0.2, 0.25) is 0 Å². The molecule has 4 aromatic rings. The summed E-state index contributed by atoms with van der Waals surface area (Å²) < 4.78 is 15.8. The summed E-state index contributed by atoms with van der Waals surface area (Å²) in [6.45, 7) is 7.14. The van der Waals surface area contributed by atoms with Gasteiger partial charge in [0.2, 0.25) is 0 Å². The highest BCUT2D eigenvalue weighted by molar-refractivity contribution is 5.71. The van der Waals surface area contributed by atoms with Gasteiger partial charge in [0.1, 0.15) is 11.5 Å². The largest absolute Gasteiger partial charge is 0.396 e. The van der Waals surface area contributed by atoms with Gasteiger partial charge in [-0.05, 0) is 60.6 Å². The van der Waals surface area contributed by atoms with Gasteiger partial charge in [0.25, 0.3) is 0 Å². The van der Waals surface area contributed by atoms with Gasteiger partial charge in [-0.1, -0.05) is 19.9 Å².